The second-order valence-electron chi connectivity index (χ2n) is 8.26. The monoisotopic (exact) mass is 377 g/mol. The molecular weight excluding hydrogens is 350 g/mol. The molecule has 4 rings (SSSR count). The Morgan fingerprint density at radius 2 is 2.00 bits per heavy atom. The van der Waals surface area contributed by atoms with E-state index in [-0.39, 0.29) is 23.3 Å². The Hall–Kier alpha value is -2.69. The molecule has 2 aromatic rings. The lowest BCUT2D eigenvalue weighted by Crippen LogP contribution is -2.46. The summed E-state index contributed by atoms with van der Waals surface area (Å²) in [6.07, 6.45) is 4.35. The van der Waals surface area contributed by atoms with Crippen LogP contribution in [0.3, 0.4) is 0 Å². The highest BCUT2D eigenvalue weighted by Crippen LogP contribution is 2.46. The van der Waals surface area contributed by atoms with Crippen molar-refractivity contribution >= 4 is 17.5 Å². The normalized spacial score (nSPS) is 24.6. The molecule has 2 fully saturated rings. The lowest BCUT2D eigenvalue weighted by Gasteiger charge is -2.36. The second kappa shape index (κ2) is 7.38. The van der Waals surface area contributed by atoms with Gasteiger partial charge in [0.1, 0.15) is 5.69 Å². The highest BCUT2D eigenvalue weighted by atomic mass is 16.2. The van der Waals surface area contributed by atoms with Gasteiger partial charge in [0.25, 0.3) is 5.91 Å². The molecule has 1 aliphatic carbocycles. The van der Waals surface area contributed by atoms with Gasteiger partial charge in [-0.2, -0.15) is 0 Å². The summed E-state index contributed by atoms with van der Waals surface area (Å²) in [6.45, 7) is 4.68. The van der Waals surface area contributed by atoms with E-state index in [1.807, 2.05) is 49.1 Å². The molecule has 1 saturated heterocycles. The SMILES string of the molecule is Cc1cccc(N2CCC3(CCCC(NC(=O)c4cccc(C)n4)C3)C2=O)c1. The van der Waals surface area contributed by atoms with Crippen molar-refractivity contribution in [1.29, 1.82) is 0 Å². The first-order valence-corrected chi connectivity index (χ1v) is 10.1. The fourth-order valence-corrected chi connectivity index (χ4v) is 4.70. The highest BCUT2D eigenvalue weighted by Gasteiger charge is 2.49. The maximum Gasteiger partial charge on any atom is 0.270 e. The number of carbonyl (C=O) groups excluding carboxylic acids is 2. The number of nitrogens with zero attached hydrogens (tertiary/aromatic N) is 2. The molecule has 2 amide bonds. The lowest BCUT2D eigenvalue weighted by atomic mass is 9.71. The number of amides is 2. The Labute approximate surface area is 166 Å². The fourth-order valence-electron chi connectivity index (χ4n) is 4.70. The largest absolute Gasteiger partial charge is 0.348 e. The topological polar surface area (TPSA) is 62.3 Å². The molecule has 2 aliphatic rings. The zero-order chi connectivity index (χ0) is 19.7. The molecule has 1 spiro atoms. The van der Waals surface area contributed by atoms with Crippen LogP contribution >= 0.6 is 0 Å². The van der Waals surface area contributed by atoms with Gasteiger partial charge in [0, 0.05) is 24.0 Å². The molecule has 2 unspecified atom stereocenters. The van der Waals surface area contributed by atoms with Gasteiger partial charge >= 0.3 is 0 Å². The predicted molar refractivity (Wildman–Crippen MR) is 109 cm³/mol. The summed E-state index contributed by atoms with van der Waals surface area (Å²) < 4.78 is 0. The van der Waals surface area contributed by atoms with Crippen LogP contribution in [0.15, 0.2) is 42.5 Å². The summed E-state index contributed by atoms with van der Waals surface area (Å²) in [5.74, 6) is 0.0671. The molecule has 0 radical (unpaired) electrons. The van der Waals surface area contributed by atoms with Gasteiger partial charge in [-0.05, 0) is 69.4 Å². The Morgan fingerprint density at radius 3 is 2.79 bits per heavy atom. The Balaban J connectivity index is 1.47. The van der Waals surface area contributed by atoms with Crippen molar-refractivity contribution in [1.82, 2.24) is 10.3 Å². The van der Waals surface area contributed by atoms with Crippen molar-refractivity contribution in [3.8, 4) is 0 Å². The summed E-state index contributed by atoms with van der Waals surface area (Å²) in [6, 6.07) is 13.6. The third kappa shape index (κ3) is 3.53. The van der Waals surface area contributed by atoms with Crippen LogP contribution in [0.25, 0.3) is 0 Å². The molecule has 146 valence electrons. The van der Waals surface area contributed by atoms with Crippen LogP contribution in [0.4, 0.5) is 5.69 Å². The zero-order valence-corrected chi connectivity index (χ0v) is 16.6. The fraction of sp³-hybridized carbons (Fsp3) is 0.435. The van der Waals surface area contributed by atoms with Crippen molar-refractivity contribution in [2.45, 2.75) is 52.0 Å². The maximum atomic E-state index is 13.3. The molecule has 28 heavy (non-hydrogen) atoms. The van der Waals surface area contributed by atoms with Crippen LogP contribution in [0.5, 0.6) is 0 Å². The van der Waals surface area contributed by atoms with Gasteiger partial charge in [-0.3, -0.25) is 9.59 Å². The van der Waals surface area contributed by atoms with Gasteiger partial charge in [-0.1, -0.05) is 24.6 Å². The molecule has 1 aromatic carbocycles. The average molecular weight is 377 g/mol. The maximum absolute atomic E-state index is 13.3. The number of benzene rings is 1. The molecule has 1 aliphatic heterocycles. The Morgan fingerprint density at radius 1 is 1.18 bits per heavy atom. The van der Waals surface area contributed by atoms with Crippen LogP contribution in [-0.2, 0) is 4.79 Å². The number of aryl methyl sites for hydroxylation is 2. The summed E-state index contributed by atoms with van der Waals surface area (Å²) in [4.78, 5) is 32.2. The molecule has 0 bridgehead atoms. The van der Waals surface area contributed by atoms with E-state index in [1.165, 1.54) is 0 Å². The van der Waals surface area contributed by atoms with E-state index < -0.39 is 0 Å². The quantitative estimate of drug-likeness (QED) is 0.885. The minimum Gasteiger partial charge on any atom is -0.348 e. The van der Waals surface area contributed by atoms with Gasteiger partial charge < -0.3 is 10.2 Å². The smallest absolute Gasteiger partial charge is 0.270 e. The summed E-state index contributed by atoms with van der Waals surface area (Å²) in [5, 5.41) is 3.13. The molecule has 2 heterocycles. The van der Waals surface area contributed by atoms with Crippen LogP contribution in [0.2, 0.25) is 0 Å². The van der Waals surface area contributed by atoms with E-state index in [9.17, 15) is 9.59 Å². The first-order valence-electron chi connectivity index (χ1n) is 10.1. The standard InChI is InChI=1S/C23H27N3O2/c1-16-6-3-9-19(14-16)26-13-12-23(22(26)28)11-5-8-18(15-23)25-21(27)20-10-4-7-17(2)24-20/h3-4,6-7,9-10,14,18H,5,8,11-13,15H2,1-2H3,(H,25,27). The average Bonchev–Trinajstić information content (AvgIpc) is 2.97. The summed E-state index contributed by atoms with van der Waals surface area (Å²) in [5.41, 5.74) is 3.06. The highest BCUT2D eigenvalue weighted by molar-refractivity contribution is 6.00. The van der Waals surface area contributed by atoms with Crippen LogP contribution < -0.4 is 10.2 Å². The minimum atomic E-state index is -0.347. The number of anilines is 1. The zero-order valence-electron chi connectivity index (χ0n) is 16.6. The molecule has 1 aromatic heterocycles. The Bertz CT molecular complexity index is 910. The summed E-state index contributed by atoms with van der Waals surface area (Å²) >= 11 is 0. The van der Waals surface area contributed by atoms with Gasteiger partial charge in [0.15, 0.2) is 0 Å². The van der Waals surface area contributed by atoms with Gasteiger partial charge in [-0.15, -0.1) is 0 Å². The van der Waals surface area contributed by atoms with E-state index in [0.717, 1.165) is 49.2 Å². The molecule has 5 heteroatoms. The third-order valence-electron chi connectivity index (χ3n) is 6.13. The molecule has 2 atom stereocenters. The van der Waals surface area contributed by atoms with Crippen molar-refractivity contribution in [2.24, 2.45) is 5.41 Å². The van der Waals surface area contributed by atoms with Crippen molar-refractivity contribution < 1.29 is 9.59 Å². The molecule has 1 N–H and O–H groups in total. The van der Waals surface area contributed by atoms with Crippen LogP contribution in [0, 0.1) is 19.3 Å². The third-order valence-corrected chi connectivity index (χ3v) is 6.13. The number of carbonyl (C=O) groups is 2. The lowest BCUT2D eigenvalue weighted by molar-refractivity contribution is -0.127. The van der Waals surface area contributed by atoms with Crippen molar-refractivity contribution in [3.05, 3.63) is 59.4 Å². The molecule has 5 nitrogen and oxygen atoms in total. The first-order chi connectivity index (χ1) is 13.5. The van der Waals surface area contributed by atoms with E-state index in [1.54, 1.807) is 6.07 Å². The number of hydrogen-bond donors (Lipinski definition) is 1. The van der Waals surface area contributed by atoms with E-state index >= 15 is 0 Å². The minimum absolute atomic E-state index is 0.0185. The van der Waals surface area contributed by atoms with Gasteiger partial charge in [0.05, 0.1) is 5.41 Å². The summed E-state index contributed by atoms with van der Waals surface area (Å²) in [7, 11) is 0. The number of hydrogen-bond acceptors (Lipinski definition) is 3. The van der Waals surface area contributed by atoms with Crippen molar-refractivity contribution in [2.75, 3.05) is 11.4 Å². The van der Waals surface area contributed by atoms with Gasteiger partial charge in [0.2, 0.25) is 5.91 Å². The number of nitrogens with one attached hydrogen (secondary N) is 1. The Kier molecular flexibility index (Phi) is 4.92. The van der Waals surface area contributed by atoms with E-state index in [0.29, 0.717) is 12.1 Å². The van der Waals surface area contributed by atoms with E-state index in [2.05, 4.69) is 16.4 Å². The molecule has 1 saturated carbocycles. The number of rotatable bonds is 3. The second-order valence-corrected chi connectivity index (χ2v) is 8.26. The number of aromatic nitrogens is 1. The van der Waals surface area contributed by atoms with E-state index in [4.69, 9.17) is 0 Å². The first kappa shape index (κ1) is 18.7. The van der Waals surface area contributed by atoms with Gasteiger partial charge in [-0.25, -0.2) is 4.98 Å². The number of pyridine rings is 1. The predicted octanol–water partition coefficient (Wildman–Crippen LogP) is 3.79. The van der Waals surface area contributed by atoms with Crippen LogP contribution in [0.1, 0.15) is 53.8 Å². The molecular formula is C23H27N3O2. The van der Waals surface area contributed by atoms with Crippen LogP contribution in [-0.4, -0.2) is 29.4 Å². The van der Waals surface area contributed by atoms with Crippen molar-refractivity contribution in [3.63, 3.8) is 0 Å².